The number of aliphatic carboxylic acids is 1. The Morgan fingerprint density at radius 2 is 1.85 bits per heavy atom. The minimum Gasteiger partial charge on any atom is -0.490 e. The Kier molecular flexibility index (Phi) is 9.06. The highest BCUT2D eigenvalue weighted by Gasteiger charge is 2.37. The van der Waals surface area contributed by atoms with Crippen molar-refractivity contribution in [1.29, 1.82) is 0 Å². The third kappa shape index (κ3) is 7.16. The number of ether oxygens (including phenoxy) is 3. The number of fused-ring (bicyclic) bond motifs is 8. The van der Waals surface area contributed by atoms with Crippen LogP contribution in [0.2, 0.25) is 0 Å². The predicted octanol–water partition coefficient (Wildman–Crippen LogP) is 8.38. The van der Waals surface area contributed by atoms with Gasteiger partial charge in [0.05, 0.1) is 23.0 Å². The van der Waals surface area contributed by atoms with Gasteiger partial charge >= 0.3 is 5.97 Å². The van der Waals surface area contributed by atoms with Crippen LogP contribution in [0.15, 0.2) is 54.7 Å². The van der Waals surface area contributed by atoms with Gasteiger partial charge in [0.2, 0.25) is 0 Å². The number of halogens is 1. The van der Waals surface area contributed by atoms with Crippen LogP contribution in [-0.4, -0.2) is 57.5 Å². The Hall–Kier alpha value is -3.95. The van der Waals surface area contributed by atoms with Gasteiger partial charge < -0.3 is 24.2 Å². The van der Waals surface area contributed by atoms with Gasteiger partial charge in [0.15, 0.2) is 6.10 Å². The third-order valence-electron chi connectivity index (χ3n) is 9.25. The lowest BCUT2D eigenvalue weighted by atomic mass is 9.92. The monoisotopic (exact) mass is 643 g/mol. The Balaban J connectivity index is 1.53. The summed E-state index contributed by atoms with van der Waals surface area (Å²) in [6.45, 7) is 13.8. The highest BCUT2D eigenvalue weighted by Crippen LogP contribution is 2.40. The summed E-state index contributed by atoms with van der Waals surface area (Å²) in [5, 5.41) is 10.5. The van der Waals surface area contributed by atoms with E-state index in [0.29, 0.717) is 42.2 Å². The molecule has 1 saturated heterocycles. The fourth-order valence-electron chi connectivity index (χ4n) is 6.76. The number of carboxylic acid groups (broad SMARTS) is 1. The van der Waals surface area contributed by atoms with E-state index in [1.54, 1.807) is 6.07 Å². The summed E-state index contributed by atoms with van der Waals surface area (Å²) >= 11 is 0. The number of anilines is 1. The zero-order valence-electron chi connectivity index (χ0n) is 28.3. The van der Waals surface area contributed by atoms with Crippen LogP contribution in [0.4, 0.5) is 10.2 Å². The van der Waals surface area contributed by atoms with E-state index in [9.17, 15) is 14.3 Å². The van der Waals surface area contributed by atoms with Gasteiger partial charge in [0.1, 0.15) is 23.0 Å². The van der Waals surface area contributed by atoms with Crippen molar-refractivity contribution in [3.8, 4) is 28.1 Å². The van der Waals surface area contributed by atoms with E-state index in [2.05, 4.69) is 18.7 Å². The Morgan fingerprint density at radius 1 is 1.11 bits per heavy atom. The maximum atomic E-state index is 14.6. The van der Waals surface area contributed by atoms with E-state index in [-0.39, 0.29) is 17.5 Å². The molecule has 47 heavy (non-hydrogen) atoms. The third-order valence-corrected chi connectivity index (χ3v) is 9.25. The smallest absolute Gasteiger partial charge is 0.337 e. The largest absolute Gasteiger partial charge is 0.490 e. The molecule has 2 aromatic heterocycles. The van der Waals surface area contributed by atoms with Crippen molar-refractivity contribution in [2.75, 3.05) is 24.6 Å². The molecule has 7 rings (SSSR count). The molecule has 3 aliphatic heterocycles. The number of aromatic nitrogens is 2. The van der Waals surface area contributed by atoms with Crippen molar-refractivity contribution in [3.63, 3.8) is 0 Å². The van der Waals surface area contributed by atoms with Crippen LogP contribution < -0.4 is 9.64 Å². The maximum absolute atomic E-state index is 14.6. The number of carbonyl (C=O) groups is 1. The molecular formula is C38H46FN3O5. The van der Waals surface area contributed by atoms with Gasteiger partial charge in [-0.3, -0.25) is 4.40 Å². The summed E-state index contributed by atoms with van der Waals surface area (Å²) in [7, 11) is 0. The maximum Gasteiger partial charge on any atom is 0.337 e. The van der Waals surface area contributed by atoms with Gasteiger partial charge in [-0.15, -0.1) is 0 Å². The summed E-state index contributed by atoms with van der Waals surface area (Å²) < 4.78 is 35.7. The van der Waals surface area contributed by atoms with Crippen molar-refractivity contribution in [1.82, 2.24) is 9.38 Å². The highest BCUT2D eigenvalue weighted by molar-refractivity contribution is 5.80. The summed E-state index contributed by atoms with van der Waals surface area (Å²) in [6, 6.07) is 14.5. The number of hydrogen-bond donors (Lipinski definition) is 1. The SMILES string of the molecule is Cc1cc2nc3cn2c(c1[C@H](OC(C)(C)C)C(=O)O)N1CCC(C)(CC1)OCCCC[C@@H](C)Oc1ccc(F)cc1-c1cccc-3c1. The number of hydrogen-bond acceptors (Lipinski definition) is 6. The topological polar surface area (TPSA) is 85.5 Å². The number of aryl methyl sites for hydroxylation is 1. The summed E-state index contributed by atoms with van der Waals surface area (Å²) in [6.07, 6.45) is 5.07. The van der Waals surface area contributed by atoms with E-state index in [1.807, 2.05) is 68.6 Å². The van der Waals surface area contributed by atoms with Crippen LogP contribution >= 0.6 is 0 Å². The molecule has 5 heterocycles. The number of piperidine rings is 1. The van der Waals surface area contributed by atoms with Crippen LogP contribution in [-0.2, 0) is 14.3 Å². The van der Waals surface area contributed by atoms with Gasteiger partial charge in [-0.1, -0.05) is 18.2 Å². The van der Waals surface area contributed by atoms with Gasteiger partial charge in [-0.2, -0.15) is 0 Å². The van der Waals surface area contributed by atoms with E-state index in [0.717, 1.165) is 60.3 Å². The van der Waals surface area contributed by atoms with Gasteiger partial charge in [-0.05, 0) is 115 Å². The quantitative estimate of drug-likeness (QED) is 0.240. The van der Waals surface area contributed by atoms with E-state index < -0.39 is 17.7 Å². The standard InChI is InChI=1S/C38H46FN3O5/c1-24-20-32-40-30-23-42(32)35(33(24)34(36(43)44)47-37(3,4)5)41-17-15-38(6,16-18-41)45-19-8-7-10-25(2)46-31-14-13-28(39)22-29(31)26-11-9-12-27(30)21-26/h9,11-14,20-23,25,34H,7-8,10,15-19H2,1-6H3,(H,43,44)/t25-,34+/m1/s1. The Morgan fingerprint density at radius 3 is 2.57 bits per heavy atom. The number of nitrogens with zero attached hydrogens (tertiary/aromatic N) is 3. The molecule has 2 atom stereocenters. The van der Waals surface area contributed by atoms with Crippen LogP contribution in [0.3, 0.4) is 0 Å². The van der Waals surface area contributed by atoms with Crippen LogP contribution in [0.25, 0.3) is 28.0 Å². The zero-order valence-corrected chi connectivity index (χ0v) is 28.3. The molecule has 0 unspecified atom stereocenters. The van der Waals surface area contributed by atoms with Gasteiger partial charge in [-0.25, -0.2) is 14.2 Å². The molecule has 2 aromatic carbocycles. The van der Waals surface area contributed by atoms with Crippen LogP contribution in [0.5, 0.6) is 5.75 Å². The molecule has 250 valence electrons. The number of pyridine rings is 1. The number of benzene rings is 2. The predicted molar refractivity (Wildman–Crippen MR) is 182 cm³/mol. The average Bonchev–Trinajstić information content (AvgIpc) is 3.43. The lowest BCUT2D eigenvalue weighted by Gasteiger charge is -2.41. The Bertz CT molecular complexity index is 1770. The fourth-order valence-corrected chi connectivity index (χ4v) is 6.76. The lowest BCUT2D eigenvalue weighted by Crippen LogP contribution is -2.45. The first-order valence-corrected chi connectivity index (χ1v) is 16.7. The molecule has 0 saturated carbocycles. The summed E-state index contributed by atoms with van der Waals surface area (Å²) in [5.74, 6) is 0.0411. The molecule has 0 radical (unpaired) electrons. The van der Waals surface area contributed by atoms with E-state index >= 15 is 0 Å². The number of imidazole rings is 1. The van der Waals surface area contributed by atoms with Gasteiger partial charge in [0, 0.05) is 42.6 Å². The molecule has 0 aliphatic carbocycles. The molecular weight excluding hydrogens is 597 g/mol. The van der Waals surface area contributed by atoms with Crippen molar-refractivity contribution in [2.45, 2.75) is 97.1 Å². The second-order valence-corrected chi connectivity index (χ2v) is 14.3. The molecule has 1 N–H and O–H groups in total. The molecule has 9 heteroatoms. The molecule has 3 aliphatic rings. The number of carboxylic acids is 1. The summed E-state index contributed by atoms with van der Waals surface area (Å²) in [5.41, 5.74) is 4.25. The Labute approximate surface area is 276 Å². The first-order valence-electron chi connectivity index (χ1n) is 16.7. The zero-order chi connectivity index (χ0) is 33.5. The molecule has 0 spiro atoms. The lowest BCUT2D eigenvalue weighted by molar-refractivity contribution is -0.160. The van der Waals surface area contributed by atoms with Crippen molar-refractivity contribution in [2.24, 2.45) is 0 Å². The van der Waals surface area contributed by atoms with Crippen LogP contribution in [0.1, 0.15) is 84.0 Å². The van der Waals surface area contributed by atoms with Crippen molar-refractivity contribution < 1.29 is 28.5 Å². The first kappa shape index (κ1) is 33.0. The fraction of sp³-hybridized carbons (Fsp3) is 0.474. The second kappa shape index (κ2) is 12.9. The molecule has 1 fully saturated rings. The van der Waals surface area contributed by atoms with Gasteiger partial charge in [0.25, 0.3) is 0 Å². The minimum atomic E-state index is -1.17. The molecule has 8 nitrogen and oxygen atoms in total. The average molecular weight is 644 g/mol. The first-order chi connectivity index (χ1) is 22.3. The molecule has 0 amide bonds. The van der Waals surface area contributed by atoms with Crippen molar-refractivity contribution >= 4 is 17.4 Å². The molecule has 4 aromatic rings. The number of rotatable bonds is 3. The normalized spacial score (nSPS) is 21.3. The van der Waals surface area contributed by atoms with E-state index in [4.69, 9.17) is 19.2 Å². The second-order valence-electron chi connectivity index (χ2n) is 14.3. The van der Waals surface area contributed by atoms with Crippen LogP contribution in [0, 0.1) is 12.7 Å². The minimum absolute atomic E-state index is 0.0435. The highest BCUT2D eigenvalue weighted by atomic mass is 19.1. The summed E-state index contributed by atoms with van der Waals surface area (Å²) in [4.78, 5) is 20.1. The van der Waals surface area contributed by atoms with E-state index in [1.165, 1.54) is 12.1 Å². The van der Waals surface area contributed by atoms with Crippen molar-refractivity contribution in [3.05, 3.63) is 71.7 Å². The molecule has 6 bridgehead atoms.